The predicted octanol–water partition coefficient (Wildman–Crippen LogP) is 2.76. The molecule has 0 aliphatic carbocycles. The SMILES string of the molecule is COc1cnc2ccc(Nc3cc(NS(C)(=O)=O)ccc3F)c(C#N)c2n1. The Kier molecular flexibility index (Phi) is 4.79. The van der Waals surface area contributed by atoms with E-state index in [1.165, 1.54) is 25.4 Å². The number of hydrogen-bond donors (Lipinski definition) is 2. The van der Waals surface area contributed by atoms with Crippen molar-refractivity contribution in [2.45, 2.75) is 0 Å². The Labute approximate surface area is 154 Å². The van der Waals surface area contributed by atoms with Crippen LogP contribution in [0.1, 0.15) is 5.56 Å². The minimum Gasteiger partial charge on any atom is -0.480 e. The minimum atomic E-state index is -3.51. The van der Waals surface area contributed by atoms with E-state index in [1.807, 2.05) is 6.07 Å². The number of nitriles is 1. The molecule has 2 aromatic carbocycles. The molecule has 3 aromatic rings. The summed E-state index contributed by atoms with van der Waals surface area (Å²) in [4.78, 5) is 8.39. The third kappa shape index (κ3) is 4.04. The van der Waals surface area contributed by atoms with Crippen molar-refractivity contribution in [3.63, 3.8) is 0 Å². The van der Waals surface area contributed by atoms with Gasteiger partial charge in [-0.25, -0.2) is 22.8 Å². The van der Waals surface area contributed by atoms with Gasteiger partial charge in [-0.15, -0.1) is 0 Å². The third-order valence-electron chi connectivity index (χ3n) is 3.55. The van der Waals surface area contributed by atoms with E-state index in [0.717, 1.165) is 12.3 Å². The molecule has 0 saturated carbocycles. The smallest absolute Gasteiger partial charge is 0.232 e. The van der Waals surface area contributed by atoms with Crippen molar-refractivity contribution in [1.29, 1.82) is 5.26 Å². The maximum absolute atomic E-state index is 14.2. The molecule has 0 amide bonds. The number of benzene rings is 2. The zero-order valence-electron chi connectivity index (χ0n) is 14.3. The van der Waals surface area contributed by atoms with Crippen molar-refractivity contribution in [2.24, 2.45) is 0 Å². The molecule has 0 fully saturated rings. The Morgan fingerprint density at radius 3 is 2.67 bits per heavy atom. The highest BCUT2D eigenvalue weighted by atomic mass is 32.2. The molecule has 8 nitrogen and oxygen atoms in total. The molecule has 0 aliphatic rings. The molecule has 0 atom stereocenters. The maximum atomic E-state index is 14.2. The summed E-state index contributed by atoms with van der Waals surface area (Å²) in [6, 6.07) is 8.92. The van der Waals surface area contributed by atoms with Crippen molar-refractivity contribution in [3.8, 4) is 11.9 Å². The van der Waals surface area contributed by atoms with Gasteiger partial charge >= 0.3 is 0 Å². The molecule has 0 saturated heterocycles. The average molecular weight is 387 g/mol. The van der Waals surface area contributed by atoms with Crippen molar-refractivity contribution >= 4 is 38.1 Å². The first-order valence-electron chi connectivity index (χ1n) is 7.59. The second-order valence-corrected chi connectivity index (χ2v) is 7.32. The highest BCUT2D eigenvalue weighted by molar-refractivity contribution is 7.92. The molecule has 0 radical (unpaired) electrons. The molecule has 2 N–H and O–H groups in total. The van der Waals surface area contributed by atoms with Gasteiger partial charge in [0.1, 0.15) is 23.0 Å². The Balaban J connectivity index is 2.06. The van der Waals surface area contributed by atoms with Crippen LogP contribution in [-0.4, -0.2) is 31.8 Å². The van der Waals surface area contributed by atoms with Crippen LogP contribution < -0.4 is 14.8 Å². The van der Waals surface area contributed by atoms with Gasteiger partial charge in [-0.1, -0.05) is 0 Å². The van der Waals surface area contributed by atoms with Gasteiger partial charge in [-0.05, 0) is 30.3 Å². The van der Waals surface area contributed by atoms with Crippen molar-refractivity contribution in [2.75, 3.05) is 23.4 Å². The molecule has 0 bridgehead atoms. The van der Waals surface area contributed by atoms with E-state index in [1.54, 1.807) is 12.1 Å². The van der Waals surface area contributed by atoms with Crippen molar-refractivity contribution < 1.29 is 17.5 Å². The van der Waals surface area contributed by atoms with E-state index >= 15 is 0 Å². The lowest BCUT2D eigenvalue weighted by Gasteiger charge is -2.13. The number of hydrogen-bond acceptors (Lipinski definition) is 7. The summed E-state index contributed by atoms with van der Waals surface area (Å²) in [5, 5.41) is 12.4. The molecular weight excluding hydrogens is 373 g/mol. The van der Waals surface area contributed by atoms with E-state index in [9.17, 15) is 18.1 Å². The number of ether oxygens (including phenoxy) is 1. The standard InChI is InChI=1S/C17H14FN5O3S/c1-26-16-9-20-14-6-5-13(11(8-19)17(14)22-16)21-15-7-10(3-4-12(15)18)23-27(2,24)25/h3-7,9,21,23H,1-2H3. The van der Waals surface area contributed by atoms with E-state index in [-0.39, 0.29) is 22.8 Å². The molecular formula is C17H14FN5O3S. The lowest BCUT2D eigenvalue weighted by molar-refractivity contribution is 0.397. The van der Waals surface area contributed by atoms with Crippen LogP contribution in [0.25, 0.3) is 11.0 Å². The fourth-order valence-electron chi connectivity index (χ4n) is 2.42. The quantitative estimate of drug-likeness (QED) is 0.691. The van der Waals surface area contributed by atoms with Crippen LogP contribution in [0, 0.1) is 17.1 Å². The van der Waals surface area contributed by atoms with Gasteiger partial charge in [0.25, 0.3) is 0 Å². The molecule has 0 unspecified atom stereocenters. The normalized spacial score (nSPS) is 11.0. The number of halogens is 1. The lowest BCUT2D eigenvalue weighted by Crippen LogP contribution is -2.10. The number of fused-ring (bicyclic) bond motifs is 1. The molecule has 0 spiro atoms. The fourth-order valence-corrected chi connectivity index (χ4v) is 2.98. The molecule has 3 rings (SSSR count). The second-order valence-electron chi connectivity index (χ2n) is 5.57. The molecule has 27 heavy (non-hydrogen) atoms. The maximum Gasteiger partial charge on any atom is 0.232 e. The van der Waals surface area contributed by atoms with Gasteiger partial charge in [0.05, 0.1) is 42.1 Å². The Bertz CT molecular complexity index is 1180. The number of aromatic nitrogens is 2. The van der Waals surface area contributed by atoms with Crippen molar-refractivity contribution in [1.82, 2.24) is 9.97 Å². The number of methoxy groups -OCH3 is 1. The molecule has 1 heterocycles. The summed E-state index contributed by atoms with van der Waals surface area (Å²) in [6.07, 6.45) is 2.42. The summed E-state index contributed by atoms with van der Waals surface area (Å²) >= 11 is 0. The largest absolute Gasteiger partial charge is 0.480 e. The van der Waals surface area contributed by atoms with Crippen molar-refractivity contribution in [3.05, 3.63) is 47.9 Å². The van der Waals surface area contributed by atoms with Gasteiger partial charge in [0.2, 0.25) is 15.9 Å². The van der Waals surface area contributed by atoms with Gasteiger partial charge in [-0.3, -0.25) is 4.72 Å². The van der Waals surface area contributed by atoms with Gasteiger partial charge < -0.3 is 10.1 Å². The minimum absolute atomic E-state index is 0.00430. The highest BCUT2D eigenvalue weighted by Crippen LogP contribution is 2.29. The molecule has 10 heteroatoms. The molecule has 1 aromatic heterocycles. The van der Waals surface area contributed by atoms with Crippen LogP contribution in [0.15, 0.2) is 36.5 Å². The van der Waals surface area contributed by atoms with Crippen LogP contribution in [0.3, 0.4) is 0 Å². The lowest BCUT2D eigenvalue weighted by atomic mass is 10.1. The van der Waals surface area contributed by atoms with Gasteiger partial charge in [0.15, 0.2) is 0 Å². The zero-order valence-corrected chi connectivity index (χ0v) is 15.1. The molecule has 0 aliphatic heterocycles. The summed E-state index contributed by atoms with van der Waals surface area (Å²) in [5.41, 5.74) is 1.40. The zero-order chi connectivity index (χ0) is 19.6. The van der Waals surface area contributed by atoms with Crippen LogP contribution in [0.5, 0.6) is 5.88 Å². The highest BCUT2D eigenvalue weighted by Gasteiger charge is 2.14. The number of nitrogens with zero attached hydrogens (tertiary/aromatic N) is 3. The monoisotopic (exact) mass is 387 g/mol. The first-order chi connectivity index (χ1) is 12.8. The Hall–Kier alpha value is -3.45. The summed E-state index contributed by atoms with van der Waals surface area (Å²) < 4.78 is 44.2. The number of nitrogens with one attached hydrogen (secondary N) is 2. The van der Waals surface area contributed by atoms with Crippen LogP contribution in [-0.2, 0) is 10.0 Å². The van der Waals surface area contributed by atoms with Gasteiger partial charge in [-0.2, -0.15) is 5.26 Å². The number of anilines is 3. The van der Waals surface area contributed by atoms with Crippen LogP contribution >= 0.6 is 0 Å². The third-order valence-corrected chi connectivity index (χ3v) is 4.16. The number of sulfonamides is 1. The second kappa shape index (κ2) is 7.05. The summed E-state index contributed by atoms with van der Waals surface area (Å²) in [5.74, 6) is -0.378. The Morgan fingerprint density at radius 1 is 1.22 bits per heavy atom. The van der Waals surface area contributed by atoms with E-state index < -0.39 is 15.8 Å². The van der Waals surface area contributed by atoms with Gasteiger partial charge in [0, 0.05) is 0 Å². The van der Waals surface area contributed by atoms with E-state index in [2.05, 4.69) is 20.0 Å². The summed E-state index contributed by atoms with van der Waals surface area (Å²) in [6.45, 7) is 0. The number of rotatable bonds is 5. The molecule has 138 valence electrons. The van der Waals surface area contributed by atoms with Crippen LogP contribution in [0.2, 0.25) is 0 Å². The first kappa shape index (κ1) is 18.3. The predicted molar refractivity (Wildman–Crippen MR) is 99.0 cm³/mol. The van der Waals surface area contributed by atoms with E-state index in [0.29, 0.717) is 16.7 Å². The topological polar surface area (TPSA) is 117 Å². The van der Waals surface area contributed by atoms with E-state index in [4.69, 9.17) is 4.74 Å². The average Bonchev–Trinajstić information content (AvgIpc) is 2.62. The first-order valence-corrected chi connectivity index (χ1v) is 9.48. The van der Waals surface area contributed by atoms with Crippen LogP contribution in [0.4, 0.5) is 21.5 Å². The Morgan fingerprint density at radius 2 is 2.00 bits per heavy atom. The fraction of sp³-hybridized carbons (Fsp3) is 0.118. The summed E-state index contributed by atoms with van der Waals surface area (Å²) in [7, 11) is -2.08.